The van der Waals surface area contributed by atoms with Gasteiger partial charge in [-0.25, -0.2) is 0 Å². The Morgan fingerprint density at radius 2 is 1.45 bits per heavy atom. The Balaban J connectivity index is 0.000000326. The topological polar surface area (TPSA) is 26.3 Å². The first-order chi connectivity index (χ1) is 10.1. The average molecular weight is 313 g/mol. The first-order valence-corrected chi connectivity index (χ1v) is 9.15. The van der Waals surface area contributed by atoms with E-state index in [2.05, 4.69) is 39.4 Å². The first-order valence-electron chi connectivity index (χ1n) is 9.15. The van der Waals surface area contributed by atoms with Crippen molar-refractivity contribution < 1.29 is 9.53 Å². The number of esters is 1. The molecule has 2 bridgehead atoms. The predicted octanol–water partition coefficient (Wildman–Crippen LogP) is 5.95. The van der Waals surface area contributed by atoms with Gasteiger partial charge in [-0.2, -0.15) is 0 Å². The molecule has 0 aliphatic heterocycles. The Morgan fingerprint density at radius 3 is 1.59 bits per heavy atom. The van der Waals surface area contributed by atoms with Gasteiger partial charge in [0.1, 0.15) is 0 Å². The van der Waals surface area contributed by atoms with Crippen LogP contribution in [0.15, 0.2) is 0 Å². The summed E-state index contributed by atoms with van der Waals surface area (Å²) >= 11 is 0. The number of ether oxygens (including phenoxy) is 1. The molecule has 2 fully saturated rings. The number of carbonyl (C=O) groups is 1. The minimum absolute atomic E-state index is 0.134. The number of hydrogen-bond donors (Lipinski definition) is 0. The summed E-state index contributed by atoms with van der Waals surface area (Å²) < 4.78 is 4.57. The largest absolute Gasteiger partial charge is 0.469 e. The fourth-order valence-electron chi connectivity index (χ4n) is 3.29. The summed E-state index contributed by atoms with van der Waals surface area (Å²) in [5, 5.41) is 0. The molecule has 1 unspecified atom stereocenters. The molecular formula is C20H40O2. The van der Waals surface area contributed by atoms with Gasteiger partial charge >= 0.3 is 5.97 Å². The van der Waals surface area contributed by atoms with Gasteiger partial charge in [0.05, 0.1) is 12.5 Å². The van der Waals surface area contributed by atoms with Crippen molar-refractivity contribution in [3.8, 4) is 0 Å². The summed E-state index contributed by atoms with van der Waals surface area (Å²) in [5.41, 5.74) is -0.311. The Kier molecular flexibility index (Phi) is 9.34. The normalized spacial score (nSPS) is 29.4. The molecule has 2 nitrogen and oxygen atoms in total. The van der Waals surface area contributed by atoms with Crippen LogP contribution in [0.3, 0.4) is 0 Å². The summed E-state index contributed by atoms with van der Waals surface area (Å²) in [6.45, 7) is 17.1. The molecule has 0 aromatic heterocycles. The lowest BCUT2D eigenvalue weighted by molar-refractivity contribution is -0.150. The zero-order chi connectivity index (χ0) is 17.5. The number of carbonyl (C=O) groups excluding carboxylic acids is 1. The standard InChI is InChI=1S/C9H16.C7H14O2.C4H10/c1-6-7(2)9-4-3-8(6)5-9;1-5-7(2,3)6(8)9-4;1-4(2)3/h6-9H,3-5H2,1-2H3;5H2,1-4H3;4H,1-3H3/t6-,7?,8+,9-;;/m0../s1. The van der Waals surface area contributed by atoms with Crippen LogP contribution in [0.1, 0.15) is 81.1 Å². The minimum Gasteiger partial charge on any atom is -0.469 e. The van der Waals surface area contributed by atoms with Crippen molar-refractivity contribution in [1.29, 1.82) is 0 Å². The van der Waals surface area contributed by atoms with E-state index >= 15 is 0 Å². The lowest BCUT2D eigenvalue weighted by atomic mass is 9.82. The molecule has 0 aromatic rings. The van der Waals surface area contributed by atoms with Crippen LogP contribution < -0.4 is 0 Å². The number of rotatable bonds is 2. The van der Waals surface area contributed by atoms with Crippen LogP contribution >= 0.6 is 0 Å². The number of hydrogen-bond acceptors (Lipinski definition) is 2. The lowest BCUT2D eigenvalue weighted by Gasteiger charge is -2.24. The zero-order valence-corrected chi connectivity index (χ0v) is 16.5. The molecule has 0 aromatic carbocycles. The van der Waals surface area contributed by atoms with Crippen LogP contribution in [0.5, 0.6) is 0 Å². The van der Waals surface area contributed by atoms with E-state index in [1.165, 1.54) is 20.0 Å². The fourth-order valence-corrected chi connectivity index (χ4v) is 3.29. The molecular weight excluding hydrogens is 272 g/mol. The SMILES string of the molecule is CC(C)C.CC1[C@H]2CC[C@H](C2)[C@H]1C.CCC(C)(C)C(=O)OC. The maximum absolute atomic E-state index is 10.8. The van der Waals surface area contributed by atoms with Gasteiger partial charge in [-0.15, -0.1) is 0 Å². The van der Waals surface area contributed by atoms with E-state index < -0.39 is 0 Å². The molecule has 0 saturated heterocycles. The fraction of sp³-hybridized carbons (Fsp3) is 0.950. The molecule has 0 heterocycles. The molecule has 2 saturated carbocycles. The van der Waals surface area contributed by atoms with Gasteiger partial charge < -0.3 is 4.74 Å². The van der Waals surface area contributed by atoms with Crippen molar-refractivity contribution in [2.24, 2.45) is 35.0 Å². The summed E-state index contributed by atoms with van der Waals surface area (Å²) in [7, 11) is 1.42. The number of methoxy groups -OCH3 is 1. The Bertz CT molecular complexity index is 299. The molecule has 2 aliphatic carbocycles. The van der Waals surface area contributed by atoms with Crippen LogP contribution in [0.25, 0.3) is 0 Å². The van der Waals surface area contributed by atoms with E-state index in [1.54, 1.807) is 6.42 Å². The molecule has 2 aliphatic rings. The Morgan fingerprint density at radius 1 is 1.09 bits per heavy atom. The highest BCUT2D eigenvalue weighted by Crippen LogP contribution is 2.51. The second-order valence-corrected chi connectivity index (χ2v) is 8.51. The second kappa shape index (κ2) is 9.57. The van der Waals surface area contributed by atoms with Gasteiger partial charge in [-0.3, -0.25) is 4.79 Å². The molecule has 2 rings (SSSR count). The Hall–Kier alpha value is -0.530. The van der Waals surface area contributed by atoms with E-state index in [1.807, 2.05) is 20.8 Å². The summed E-state index contributed by atoms with van der Waals surface area (Å²) in [5.74, 6) is 5.02. The summed E-state index contributed by atoms with van der Waals surface area (Å²) in [6.07, 6.45) is 5.45. The van der Waals surface area contributed by atoms with Gasteiger partial charge in [0.25, 0.3) is 0 Å². The van der Waals surface area contributed by atoms with Crippen LogP contribution in [0.4, 0.5) is 0 Å². The van der Waals surface area contributed by atoms with E-state index in [9.17, 15) is 4.79 Å². The number of fused-ring (bicyclic) bond motifs is 2. The maximum Gasteiger partial charge on any atom is 0.311 e. The molecule has 2 heteroatoms. The van der Waals surface area contributed by atoms with Crippen molar-refractivity contribution in [1.82, 2.24) is 0 Å². The molecule has 132 valence electrons. The van der Waals surface area contributed by atoms with E-state index in [0.29, 0.717) is 0 Å². The lowest BCUT2D eigenvalue weighted by Crippen LogP contribution is -2.24. The van der Waals surface area contributed by atoms with Gasteiger partial charge in [-0.1, -0.05) is 41.5 Å². The highest BCUT2D eigenvalue weighted by atomic mass is 16.5. The molecule has 0 radical (unpaired) electrons. The summed E-state index contributed by atoms with van der Waals surface area (Å²) in [6, 6.07) is 0. The van der Waals surface area contributed by atoms with Crippen molar-refractivity contribution in [3.05, 3.63) is 0 Å². The van der Waals surface area contributed by atoms with Crippen molar-refractivity contribution in [2.45, 2.75) is 81.1 Å². The van der Waals surface area contributed by atoms with E-state index in [4.69, 9.17) is 0 Å². The quantitative estimate of drug-likeness (QED) is 0.589. The average Bonchev–Trinajstić information content (AvgIpc) is 3.02. The third kappa shape index (κ3) is 6.71. The van der Waals surface area contributed by atoms with E-state index in [0.717, 1.165) is 36.0 Å². The third-order valence-corrected chi connectivity index (χ3v) is 5.45. The summed E-state index contributed by atoms with van der Waals surface area (Å²) in [4.78, 5) is 10.8. The molecule has 0 N–H and O–H groups in total. The van der Waals surface area contributed by atoms with Crippen LogP contribution in [-0.4, -0.2) is 13.1 Å². The van der Waals surface area contributed by atoms with E-state index in [-0.39, 0.29) is 11.4 Å². The highest BCUT2D eigenvalue weighted by Gasteiger charge is 2.42. The van der Waals surface area contributed by atoms with Crippen molar-refractivity contribution in [3.63, 3.8) is 0 Å². The maximum atomic E-state index is 10.8. The molecule has 0 spiro atoms. The highest BCUT2D eigenvalue weighted by molar-refractivity contribution is 5.75. The first kappa shape index (κ1) is 21.5. The van der Waals surface area contributed by atoms with Crippen LogP contribution in [-0.2, 0) is 9.53 Å². The van der Waals surface area contributed by atoms with Crippen LogP contribution in [0.2, 0.25) is 0 Å². The van der Waals surface area contributed by atoms with Crippen molar-refractivity contribution in [2.75, 3.05) is 7.11 Å². The molecule has 22 heavy (non-hydrogen) atoms. The third-order valence-electron chi connectivity index (χ3n) is 5.45. The van der Waals surface area contributed by atoms with Crippen LogP contribution in [0, 0.1) is 35.0 Å². The molecule has 4 atom stereocenters. The van der Waals surface area contributed by atoms with Gasteiger partial charge in [0.2, 0.25) is 0 Å². The monoisotopic (exact) mass is 312 g/mol. The van der Waals surface area contributed by atoms with Gasteiger partial charge in [-0.05, 0) is 69.1 Å². The Labute approximate surface area is 139 Å². The second-order valence-electron chi connectivity index (χ2n) is 8.51. The predicted molar refractivity (Wildman–Crippen MR) is 95.8 cm³/mol. The zero-order valence-electron chi connectivity index (χ0n) is 16.5. The van der Waals surface area contributed by atoms with Crippen molar-refractivity contribution >= 4 is 5.97 Å². The molecule has 0 amide bonds. The van der Waals surface area contributed by atoms with Gasteiger partial charge in [0, 0.05) is 0 Å². The minimum atomic E-state index is -0.311. The smallest absolute Gasteiger partial charge is 0.311 e. The van der Waals surface area contributed by atoms with Gasteiger partial charge in [0.15, 0.2) is 0 Å².